The van der Waals surface area contributed by atoms with Gasteiger partial charge < -0.3 is 14.8 Å². The molecule has 1 aromatic carbocycles. The molecule has 18 heavy (non-hydrogen) atoms. The highest BCUT2D eigenvalue weighted by atomic mass is 16.7. The van der Waals surface area contributed by atoms with Crippen molar-refractivity contribution < 1.29 is 9.47 Å². The molecule has 1 aliphatic heterocycles. The number of fused-ring (bicyclic) bond motifs is 1. The Kier molecular flexibility index (Phi) is 2.85. The lowest BCUT2D eigenvalue weighted by atomic mass is 10.0. The molecule has 1 unspecified atom stereocenters. The van der Waals surface area contributed by atoms with E-state index in [1.54, 1.807) is 6.20 Å². The Labute approximate surface area is 104 Å². The minimum Gasteiger partial charge on any atom is -0.454 e. The number of aromatic amines is 1. The van der Waals surface area contributed by atoms with Gasteiger partial charge in [-0.15, -0.1) is 5.10 Å². The fraction of sp³-hybridized carbons (Fsp3) is 0.333. The largest absolute Gasteiger partial charge is 0.454 e. The van der Waals surface area contributed by atoms with Gasteiger partial charge in [0.15, 0.2) is 11.5 Å². The van der Waals surface area contributed by atoms with Crippen molar-refractivity contribution in [3.63, 3.8) is 0 Å². The number of nitrogens with one attached hydrogen (secondary N) is 2. The highest BCUT2D eigenvalue weighted by Gasteiger charge is 2.17. The first-order chi connectivity index (χ1) is 8.86. The molecule has 0 bridgehead atoms. The second-order valence-electron chi connectivity index (χ2n) is 4.13. The summed E-state index contributed by atoms with van der Waals surface area (Å²) in [4.78, 5) is 0. The van der Waals surface area contributed by atoms with Gasteiger partial charge in [-0.25, -0.2) is 0 Å². The van der Waals surface area contributed by atoms with Gasteiger partial charge in [-0.3, -0.25) is 5.10 Å². The standard InChI is InChI=1S/C12H14N4O2/c1-13-9(10-6-14-16-15-10)4-8-2-3-11-12(5-8)18-7-17-11/h2-3,5-6,9,13H,4,7H2,1H3,(H,14,15,16). The van der Waals surface area contributed by atoms with Gasteiger partial charge in [-0.1, -0.05) is 11.3 Å². The first-order valence-electron chi connectivity index (χ1n) is 5.79. The number of ether oxygens (including phenoxy) is 2. The highest BCUT2D eigenvalue weighted by molar-refractivity contribution is 5.44. The van der Waals surface area contributed by atoms with Crippen LogP contribution in [-0.4, -0.2) is 29.3 Å². The molecule has 0 fully saturated rings. The molecule has 0 aliphatic carbocycles. The van der Waals surface area contributed by atoms with Crippen LogP contribution >= 0.6 is 0 Å². The Morgan fingerprint density at radius 1 is 1.39 bits per heavy atom. The van der Waals surface area contributed by atoms with Crippen LogP contribution in [0.15, 0.2) is 24.4 Å². The van der Waals surface area contributed by atoms with Gasteiger partial charge in [0.25, 0.3) is 0 Å². The van der Waals surface area contributed by atoms with Crippen LogP contribution in [0, 0.1) is 0 Å². The number of aromatic nitrogens is 3. The van der Waals surface area contributed by atoms with E-state index in [0.717, 1.165) is 23.6 Å². The number of hydrogen-bond donors (Lipinski definition) is 2. The van der Waals surface area contributed by atoms with E-state index in [1.165, 1.54) is 5.56 Å². The van der Waals surface area contributed by atoms with Crippen LogP contribution in [0.3, 0.4) is 0 Å². The molecule has 0 saturated carbocycles. The van der Waals surface area contributed by atoms with Crippen LogP contribution in [-0.2, 0) is 6.42 Å². The third kappa shape index (κ3) is 2.02. The summed E-state index contributed by atoms with van der Waals surface area (Å²) >= 11 is 0. The second kappa shape index (κ2) is 4.66. The highest BCUT2D eigenvalue weighted by Crippen LogP contribution is 2.33. The molecule has 0 radical (unpaired) electrons. The number of H-pyrrole nitrogens is 1. The summed E-state index contributed by atoms with van der Waals surface area (Å²) < 4.78 is 10.7. The van der Waals surface area contributed by atoms with E-state index in [2.05, 4.69) is 20.7 Å². The van der Waals surface area contributed by atoms with Crippen LogP contribution in [0.2, 0.25) is 0 Å². The molecule has 6 heteroatoms. The number of hydrogen-bond acceptors (Lipinski definition) is 5. The topological polar surface area (TPSA) is 72.1 Å². The van der Waals surface area contributed by atoms with Crippen molar-refractivity contribution in [2.24, 2.45) is 0 Å². The first-order valence-corrected chi connectivity index (χ1v) is 5.79. The summed E-state index contributed by atoms with van der Waals surface area (Å²) in [5.41, 5.74) is 2.07. The van der Waals surface area contributed by atoms with E-state index in [4.69, 9.17) is 9.47 Å². The summed E-state index contributed by atoms with van der Waals surface area (Å²) in [6, 6.07) is 6.11. The summed E-state index contributed by atoms with van der Waals surface area (Å²) in [6.45, 7) is 0.303. The van der Waals surface area contributed by atoms with Gasteiger partial charge in [0, 0.05) is 6.20 Å². The van der Waals surface area contributed by atoms with Crippen LogP contribution in [0.4, 0.5) is 0 Å². The van der Waals surface area contributed by atoms with Crippen molar-refractivity contribution in [3.05, 3.63) is 35.7 Å². The van der Waals surface area contributed by atoms with Crippen molar-refractivity contribution in [2.75, 3.05) is 13.8 Å². The van der Waals surface area contributed by atoms with Crippen LogP contribution in [0.25, 0.3) is 0 Å². The van der Waals surface area contributed by atoms with Crippen LogP contribution in [0.1, 0.15) is 17.3 Å². The quantitative estimate of drug-likeness (QED) is 0.843. The fourth-order valence-electron chi connectivity index (χ4n) is 2.04. The minimum absolute atomic E-state index is 0.129. The van der Waals surface area contributed by atoms with Gasteiger partial charge in [0.05, 0.1) is 11.7 Å². The number of nitrogens with zero attached hydrogens (tertiary/aromatic N) is 2. The van der Waals surface area contributed by atoms with E-state index < -0.39 is 0 Å². The van der Waals surface area contributed by atoms with Gasteiger partial charge in [0.1, 0.15) is 0 Å². The fourth-order valence-corrected chi connectivity index (χ4v) is 2.04. The Bertz CT molecular complexity index is 527. The van der Waals surface area contributed by atoms with Gasteiger partial charge >= 0.3 is 0 Å². The van der Waals surface area contributed by atoms with Crippen LogP contribution < -0.4 is 14.8 Å². The van der Waals surface area contributed by atoms with Gasteiger partial charge in [-0.2, -0.15) is 0 Å². The van der Waals surface area contributed by atoms with E-state index in [1.807, 2.05) is 25.2 Å². The molecular formula is C12H14N4O2. The average molecular weight is 246 g/mol. The Morgan fingerprint density at radius 3 is 3.06 bits per heavy atom. The molecule has 0 saturated heterocycles. The minimum atomic E-state index is 0.129. The van der Waals surface area contributed by atoms with E-state index >= 15 is 0 Å². The van der Waals surface area contributed by atoms with Crippen molar-refractivity contribution in [3.8, 4) is 11.5 Å². The van der Waals surface area contributed by atoms with E-state index in [-0.39, 0.29) is 6.04 Å². The summed E-state index contributed by atoms with van der Waals surface area (Å²) in [5.74, 6) is 1.61. The molecule has 0 amide bonds. The SMILES string of the molecule is CNC(Cc1ccc2c(c1)OCO2)c1c[nH]nn1. The molecule has 2 aromatic rings. The number of benzene rings is 1. The van der Waals surface area contributed by atoms with Gasteiger partial charge in [-0.05, 0) is 31.2 Å². The lowest BCUT2D eigenvalue weighted by molar-refractivity contribution is 0.174. The normalized spacial score (nSPS) is 14.7. The van der Waals surface area contributed by atoms with Crippen molar-refractivity contribution >= 4 is 0 Å². The summed E-state index contributed by atoms with van der Waals surface area (Å²) in [7, 11) is 1.91. The second-order valence-corrected chi connectivity index (χ2v) is 4.13. The molecule has 0 spiro atoms. The predicted octanol–water partition coefficient (Wildman–Crippen LogP) is 1.04. The smallest absolute Gasteiger partial charge is 0.231 e. The maximum atomic E-state index is 5.37. The zero-order valence-electron chi connectivity index (χ0n) is 10.0. The molecule has 1 atom stereocenters. The number of rotatable bonds is 4. The molecule has 3 rings (SSSR count). The first kappa shape index (κ1) is 11.0. The molecule has 2 heterocycles. The Balaban J connectivity index is 1.79. The maximum Gasteiger partial charge on any atom is 0.231 e. The molecule has 6 nitrogen and oxygen atoms in total. The lowest BCUT2D eigenvalue weighted by Gasteiger charge is -2.13. The predicted molar refractivity (Wildman–Crippen MR) is 64.5 cm³/mol. The van der Waals surface area contributed by atoms with Crippen LogP contribution in [0.5, 0.6) is 11.5 Å². The zero-order valence-corrected chi connectivity index (χ0v) is 10.0. The average Bonchev–Trinajstić information content (AvgIpc) is 3.06. The van der Waals surface area contributed by atoms with Crippen molar-refractivity contribution in [2.45, 2.75) is 12.5 Å². The Hall–Kier alpha value is -2.08. The summed E-state index contributed by atoms with van der Waals surface area (Å²) in [6.07, 6.45) is 2.62. The molecule has 1 aliphatic rings. The third-order valence-electron chi connectivity index (χ3n) is 3.02. The van der Waals surface area contributed by atoms with Crippen molar-refractivity contribution in [1.82, 2.24) is 20.7 Å². The van der Waals surface area contributed by atoms with Crippen molar-refractivity contribution in [1.29, 1.82) is 0 Å². The van der Waals surface area contributed by atoms with Gasteiger partial charge in [0.2, 0.25) is 6.79 Å². The monoisotopic (exact) mass is 246 g/mol. The zero-order chi connectivity index (χ0) is 12.4. The molecule has 2 N–H and O–H groups in total. The molecule has 94 valence electrons. The Morgan fingerprint density at radius 2 is 2.28 bits per heavy atom. The maximum absolute atomic E-state index is 5.37. The number of likely N-dealkylation sites (N-methyl/N-ethyl adjacent to an activating group) is 1. The molecular weight excluding hydrogens is 232 g/mol. The summed E-state index contributed by atoms with van der Waals surface area (Å²) in [5, 5.41) is 13.7. The van der Waals surface area contributed by atoms with E-state index in [0.29, 0.717) is 6.79 Å². The van der Waals surface area contributed by atoms with E-state index in [9.17, 15) is 0 Å². The third-order valence-corrected chi connectivity index (χ3v) is 3.02. The lowest BCUT2D eigenvalue weighted by Crippen LogP contribution is -2.19. The molecule has 1 aromatic heterocycles.